The topological polar surface area (TPSA) is 80.6 Å². The van der Waals surface area contributed by atoms with Gasteiger partial charge in [-0.3, -0.25) is 9.79 Å². The molecule has 0 fully saturated rings. The molecule has 3 aromatic rings. The van der Waals surface area contributed by atoms with Crippen molar-refractivity contribution in [3.63, 3.8) is 0 Å². The first-order chi connectivity index (χ1) is 17.0. The quantitative estimate of drug-likeness (QED) is 0.152. The van der Waals surface area contributed by atoms with E-state index in [0.717, 1.165) is 47.4 Å². The van der Waals surface area contributed by atoms with Crippen molar-refractivity contribution in [3.8, 4) is 0 Å². The minimum atomic E-state index is -0.379. The van der Waals surface area contributed by atoms with Gasteiger partial charge in [0.15, 0.2) is 0 Å². The van der Waals surface area contributed by atoms with Gasteiger partial charge < -0.3 is 10.1 Å². The van der Waals surface area contributed by atoms with E-state index in [1.54, 1.807) is 25.4 Å². The second-order valence-corrected chi connectivity index (χ2v) is 10.9. The van der Waals surface area contributed by atoms with E-state index in [9.17, 15) is 9.59 Å². The first kappa shape index (κ1) is 25.4. The van der Waals surface area contributed by atoms with E-state index in [1.807, 2.05) is 37.3 Å². The Morgan fingerprint density at radius 2 is 2.11 bits per heavy atom. The highest BCUT2D eigenvalue weighted by Crippen LogP contribution is 2.39. The molecule has 0 aliphatic heterocycles. The van der Waals surface area contributed by atoms with Crippen LogP contribution in [0.2, 0.25) is 5.15 Å². The van der Waals surface area contributed by atoms with Crippen molar-refractivity contribution in [1.82, 2.24) is 4.98 Å². The van der Waals surface area contributed by atoms with Gasteiger partial charge in [0.25, 0.3) is 0 Å². The first-order valence-corrected chi connectivity index (χ1v) is 13.6. The zero-order valence-corrected chi connectivity index (χ0v) is 21.9. The molecule has 1 aromatic carbocycles. The highest BCUT2D eigenvalue weighted by atomic mass is 35.5. The van der Waals surface area contributed by atoms with Crippen molar-refractivity contribution < 1.29 is 14.3 Å². The highest BCUT2D eigenvalue weighted by Gasteiger charge is 2.28. The Morgan fingerprint density at radius 1 is 1.29 bits per heavy atom. The molecule has 6 nitrogen and oxygen atoms in total. The summed E-state index contributed by atoms with van der Waals surface area (Å²) >= 11 is 9.03. The van der Waals surface area contributed by atoms with Crippen molar-refractivity contribution in [2.45, 2.75) is 49.7 Å². The molecule has 0 spiro atoms. The molecule has 0 bridgehead atoms. The molecular weight excluding hydrogens is 502 g/mol. The number of esters is 1. The Labute approximate surface area is 218 Å². The molecule has 9 heteroatoms. The molecule has 35 heavy (non-hydrogen) atoms. The SMILES string of the molecule is CCOC(=O)c1c(NC(=O)[C@@H](C)Sc2cccc(N=Cc3cccnc3Cl)c2)sc2c1CCCC2. The van der Waals surface area contributed by atoms with E-state index in [-0.39, 0.29) is 17.1 Å². The second kappa shape index (κ2) is 11.8. The second-order valence-electron chi connectivity index (χ2n) is 8.02. The zero-order chi connectivity index (χ0) is 24.8. The van der Waals surface area contributed by atoms with Crippen LogP contribution in [0.5, 0.6) is 0 Å². The monoisotopic (exact) mass is 527 g/mol. The lowest BCUT2D eigenvalue weighted by molar-refractivity contribution is -0.115. The Balaban J connectivity index is 1.46. The number of rotatable bonds is 8. The van der Waals surface area contributed by atoms with Crippen LogP contribution < -0.4 is 5.32 Å². The Hall–Kier alpha value is -2.68. The van der Waals surface area contributed by atoms with Gasteiger partial charge in [-0.15, -0.1) is 23.1 Å². The molecule has 2 aromatic heterocycles. The largest absolute Gasteiger partial charge is 0.462 e. The summed E-state index contributed by atoms with van der Waals surface area (Å²) in [6.45, 7) is 3.94. The number of aliphatic imine (C=N–C) groups is 1. The number of nitrogens with zero attached hydrogens (tertiary/aromatic N) is 2. The molecule has 1 aliphatic rings. The standard InChI is InChI=1S/C26H26ClN3O3S2/c1-3-33-26(32)22-20-11-4-5-12-21(20)35-25(22)30-24(31)16(2)34-19-10-6-9-18(14-19)29-15-17-8-7-13-28-23(17)27/h6-10,13-16H,3-5,11-12H2,1-2H3,(H,30,31)/t16-/m1/s1. The third-order valence-corrected chi connectivity index (χ3v) is 8.14. The van der Waals surface area contributed by atoms with Crippen molar-refractivity contribution in [1.29, 1.82) is 0 Å². The van der Waals surface area contributed by atoms with Crippen molar-refractivity contribution in [2.24, 2.45) is 4.99 Å². The van der Waals surface area contributed by atoms with E-state index in [0.29, 0.717) is 22.3 Å². The average molecular weight is 528 g/mol. The number of fused-ring (bicyclic) bond motifs is 1. The number of carbonyl (C=O) groups is 2. The molecule has 0 unspecified atom stereocenters. The van der Waals surface area contributed by atoms with E-state index >= 15 is 0 Å². The summed E-state index contributed by atoms with van der Waals surface area (Å²) < 4.78 is 5.29. The number of halogens is 1. The molecule has 1 N–H and O–H groups in total. The van der Waals surface area contributed by atoms with Crippen LogP contribution in [0.1, 0.15) is 53.1 Å². The molecule has 0 saturated carbocycles. The number of thiophene rings is 1. The van der Waals surface area contributed by atoms with Gasteiger partial charge in [-0.2, -0.15) is 0 Å². The fourth-order valence-electron chi connectivity index (χ4n) is 3.82. The number of nitrogens with one attached hydrogen (secondary N) is 1. The number of aryl methyl sites for hydroxylation is 1. The number of pyridine rings is 1. The lowest BCUT2D eigenvalue weighted by Crippen LogP contribution is -2.23. The maximum atomic E-state index is 13.1. The minimum Gasteiger partial charge on any atom is -0.462 e. The predicted octanol–water partition coefficient (Wildman–Crippen LogP) is 6.72. The maximum absolute atomic E-state index is 13.1. The van der Waals surface area contributed by atoms with Crippen LogP contribution in [-0.4, -0.2) is 34.9 Å². The lowest BCUT2D eigenvalue weighted by atomic mass is 9.95. The van der Waals surface area contributed by atoms with E-state index in [4.69, 9.17) is 16.3 Å². The van der Waals surface area contributed by atoms with Crippen molar-refractivity contribution in [3.05, 3.63) is 69.3 Å². The maximum Gasteiger partial charge on any atom is 0.341 e. The van der Waals surface area contributed by atoms with Gasteiger partial charge in [-0.05, 0) is 75.4 Å². The summed E-state index contributed by atoms with van der Waals surface area (Å²) in [7, 11) is 0. The van der Waals surface area contributed by atoms with E-state index in [2.05, 4.69) is 15.3 Å². The molecule has 2 heterocycles. The van der Waals surface area contributed by atoms with E-state index in [1.165, 1.54) is 28.0 Å². The average Bonchev–Trinajstić information content (AvgIpc) is 3.21. The number of thioether (sulfide) groups is 1. The number of ether oxygens (including phenoxy) is 1. The molecule has 1 aliphatic carbocycles. The number of hydrogen-bond donors (Lipinski definition) is 1. The van der Waals surface area contributed by atoms with Gasteiger partial charge in [-0.1, -0.05) is 17.7 Å². The summed E-state index contributed by atoms with van der Waals surface area (Å²) in [5.41, 5.74) is 3.05. The zero-order valence-electron chi connectivity index (χ0n) is 19.5. The molecule has 0 saturated heterocycles. The summed E-state index contributed by atoms with van der Waals surface area (Å²) in [5, 5.41) is 3.61. The van der Waals surface area contributed by atoms with Crippen LogP contribution in [0.4, 0.5) is 10.7 Å². The number of anilines is 1. The molecule has 182 valence electrons. The van der Waals surface area contributed by atoms with Crippen LogP contribution in [0.25, 0.3) is 0 Å². The summed E-state index contributed by atoms with van der Waals surface area (Å²) in [5.74, 6) is -0.517. The fraction of sp³-hybridized carbons (Fsp3) is 0.308. The number of amides is 1. The third kappa shape index (κ3) is 6.31. The van der Waals surface area contributed by atoms with Gasteiger partial charge in [0.2, 0.25) is 5.91 Å². The highest BCUT2D eigenvalue weighted by molar-refractivity contribution is 8.00. The molecule has 4 rings (SSSR count). The Bertz CT molecular complexity index is 1260. The van der Waals surface area contributed by atoms with Gasteiger partial charge in [0.1, 0.15) is 10.2 Å². The Morgan fingerprint density at radius 3 is 2.91 bits per heavy atom. The van der Waals surface area contributed by atoms with Crippen LogP contribution in [0.15, 0.2) is 52.5 Å². The number of benzene rings is 1. The molecular formula is C26H26ClN3O3S2. The molecule has 1 atom stereocenters. The number of aromatic nitrogens is 1. The normalized spacial score (nSPS) is 13.9. The van der Waals surface area contributed by atoms with Crippen molar-refractivity contribution in [2.75, 3.05) is 11.9 Å². The number of carbonyl (C=O) groups excluding carboxylic acids is 2. The van der Waals surface area contributed by atoms with Gasteiger partial charge in [0, 0.05) is 27.7 Å². The fourth-order valence-corrected chi connectivity index (χ4v) is 6.19. The van der Waals surface area contributed by atoms with E-state index < -0.39 is 0 Å². The van der Waals surface area contributed by atoms with Crippen molar-refractivity contribution >= 4 is 63.5 Å². The van der Waals surface area contributed by atoms with Crippen LogP contribution >= 0.6 is 34.7 Å². The molecule has 0 radical (unpaired) electrons. The number of hydrogen-bond acceptors (Lipinski definition) is 7. The van der Waals surface area contributed by atoms with Crippen LogP contribution in [-0.2, 0) is 22.4 Å². The summed E-state index contributed by atoms with van der Waals surface area (Å²) in [6, 6.07) is 11.3. The van der Waals surface area contributed by atoms with Crippen LogP contribution in [0, 0.1) is 0 Å². The minimum absolute atomic E-state index is 0.157. The predicted molar refractivity (Wildman–Crippen MR) is 144 cm³/mol. The summed E-state index contributed by atoms with van der Waals surface area (Å²) in [6.07, 6.45) is 7.22. The van der Waals surface area contributed by atoms with Gasteiger partial charge >= 0.3 is 5.97 Å². The van der Waals surface area contributed by atoms with Gasteiger partial charge in [0.05, 0.1) is 23.1 Å². The lowest BCUT2D eigenvalue weighted by Gasteiger charge is -2.14. The molecule has 1 amide bonds. The Kier molecular flexibility index (Phi) is 8.59. The van der Waals surface area contributed by atoms with Gasteiger partial charge in [-0.25, -0.2) is 9.78 Å². The third-order valence-electron chi connectivity index (χ3n) is 5.53. The first-order valence-electron chi connectivity index (χ1n) is 11.5. The smallest absolute Gasteiger partial charge is 0.341 e. The van der Waals surface area contributed by atoms with Crippen LogP contribution in [0.3, 0.4) is 0 Å². The summed E-state index contributed by atoms with van der Waals surface area (Å²) in [4.78, 5) is 36.4.